The summed E-state index contributed by atoms with van der Waals surface area (Å²) < 4.78 is 20.0. The van der Waals surface area contributed by atoms with Gasteiger partial charge in [0, 0.05) is 11.5 Å². The summed E-state index contributed by atoms with van der Waals surface area (Å²) in [6.07, 6.45) is 1.82. The minimum Gasteiger partial charge on any atom is -0.494 e. The Morgan fingerprint density at radius 2 is 2.29 bits per heavy atom. The van der Waals surface area contributed by atoms with E-state index >= 15 is 0 Å². The topological polar surface area (TPSA) is 39.9 Å². The zero-order valence-corrected chi connectivity index (χ0v) is 10.8. The van der Waals surface area contributed by atoms with Crippen molar-refractivity contribution in [2.24, 2.45) is 0 Å². The van der Waals surface area contributed by atoms with Gasteiger partial charge in [-0.15, -0.1) is 5.10 Å². The van der Waals surface area contributed by atoms with E-state index in [-0.39, 0.29) is 11.6 Å². The van der Waals surface area contributed by atoms with E-state index in [1.54, 1.807) is 16.8 Å². The number of halogens is 2. The molecule has 6 heteroatoms. The third-order valence-electron chi connectivity index (χ3n) is 2.28. The van der Waals surface area contributed by atoms with Gasteiger partial charge in [-0.25, -0.2) is 9.07 Å². The summed E-state index contributed by atoms with van der Waals surface area (Å²) in [5.41, 5.74) is 1.66. The molecular weight excluding hydrogens is 289 g/mol. The normalized spacial score (nSPS) is 10.5. The number of hydrogen-bond donors (Lipinski definition) is 0. The first-order valence-electron chi connectivity index (χ1n) is 5.00. The van der Waals surface area contributed by atoms with Crippen molar-refractivity contribution in [3.05, 3.63) is 41.5 Å². The third-order valence-corrected chi connectivity index (χ3v) is 2.86. The van der Waals surface area contributed by atoms with Crippen LogP contribution in [0.5, 0.6) is 5.75 Å². The molecule has 0 saturated carbocycles. The molecule has 0 saturated heterocycles. The van der Waals surface area contributed by atoms with E-state index in [1.165, 1.54) is 13.2 Å². The maximum absolute atomic E-state index is 13.4. The molecule has 0 radical (unpaired) electrons. The van der Waals surface area contributed by atoms with Gasteiger partial charge < -0.3 is 4.74 Å². The van der Waals surface area contributed by atoms with E-state index < -0.39 is 0 Å². The second-order valence-corrected chi connectivity index (χ2v) is 4.07. The fourth-order valence-electron chi connectivity index (χ4n) is 1.47. The number of rotatable bonds is 4. The zero-order valence-electron chi connectivity index (χ0n) is 9.23. The highest BCUT2D eigenvalue weighted by atomic mass is 79.9. The van der Waals surface area contributed by atoms with Crippen LogP contribution >= 0.6 is 15.9 Å². The van der Waals surface area contributed by atoms with Gasteiger partial charge in [0.2, 0.25) is 0 Å². The standard InChI is InChI=1S/C11H11BrFN3O/c1-17-11-3-2-8(4-10(11)13)6-16-7-9(5-12)14-15-16/h2-4,7H,5-6H2,1H3. The molecule has 4 nitrogen and oxygen atoms in total. The molecule has 0 fully saturated rings. The molecule has 0 aliphatic rings. The lowest BCUT2D eigenvalue weighted by Crippen LogP contribution is -2.01. The molecule has 0 aliphatic heterocycles. The maximum Gasteiger partial charge on any atom is 0.165 e. The van der Waals surface area contributed by atoms with Crippen LogP contribution in [-0.4, -0.2) is 22.1 Å². The fraction of sp³-hybridized carbons (Fsp3) is 0.273. The lowest BCUT2D eigenvalue weighted by molar-refractivity contribution is 0.386. The van der Waals surface area contributed by atoms with E-state index in [2.05, 4.69) is 26.2 Å². The van der Waals surface area contributed by atoms with E-state index in [1.807, 2.05) is 6.20 Å². The predicted molar refractivity (Wildman–Crippen MR) is 64.7 cm³/mol. The highest BCUT2D eigenvalue weighted by molar-refractivity contribution is 9.08. The molecule has 0 N–H and O–H groups in total. The molecule has 0 spiro atoms. The van der Waals surface area contributed by atoms with Gasteiger partial charge in [0.25, 0.3) is 0 Å². The Morgan fingerprint density at radius 3 is 2.88 bits per heavy atom. The summed E-state index contributed by atoms with van der Waals surface area (Å²) in [7, 11) is 1.44. The quantitative estimate of drug-likeness (QED) is 0.814. The van der Waals surface area contributed by atoms with Crippen molar-refractivity contribution >= 4 is 15.9 Å². The first-order valence-corrected chi connectivity index (χ1v) is 6.12. The van der Waals surface area contributed by atoms with Gasteiger partial charge in [0.05, 0.1) is 19.3 Å². The van der Waals surface area contributed by atoms with Gasteiger partial charge in [-0.3, -0.25) is 0 Å². The summed E-state index contributed by atoms with van der Waals surface area (Å²) in [6.45, 7) is 0.487. The van der Waals surface area contributed by atoms with Gasteiger partial charge in [0.15, 0.2) is 11.6 Å². The first kappa shape index (κ1) is 12.0. The van der Waals surface area contributed by atoms with Crippen molar-refractivity contribution in [3.63, 3.8) is 0 Å². The van der Waals surface area contributed by atoms with Crippen LogP contribution in [0.3, 0.4) is 0 Å². The SMILES string of the molecule is COc1ccc(Cn2cc(CBr)nn2)cc1F. The second-order valence-electron chi connectivity index (χ2n) is 3.51. The molecule has 0 bridgehead atoms. The van der Waals surface area contributed by atoms with E-state index in [4.69, 9.17) is 4.74 Å². The van der Waals surface area contributed by atoms with Crippen LogP contribution < -0.4 is 4.74 Å². The van der Waals surface area contributed by atoms with Crippen molar-refractivity contribution in [1.82, 2.24) is 15.0 Å². The number of benzene rings is 1. The van der Waals surface area contributed by atoms with Crippen molar-refractivity contribution < 1.29 is 9.13 Å². The van der Waals surface area contributed by atoms with Crippen LogP contribution in [-0.2, 0) is 11.9 Å². The minimum absolute atomic E-state index is 0.244. The van der Waals surface area contributed by atoms with E-state index in [0.717, 1.165) is 11.3 Å². The summed E-state index contributed by atoms with van der Waals surface area (Å²) in [4.78, 5) is 0. The smallest absolute Gasteiger partial charge is 0.165 e. The maximum atomic E-state index is 13.4. The Kier molecular flexibility index (Phi) is 3.73. The van der Waals surface area contributed by atoms with Crippen LogP contribution in [0.1, 0.15) is 11.3 Å². The van der Waals surface area contributed by atoms with Gasteiger partial charge in [0.1, 0.15) is 0 Å². The zero-order chi connectivity index (χ0) is 12.3. The lowest BCUT2D eigenvalue weighted by Gasteiger charge is -2.04. The van der Waals surface area contributed by atoms with Crippen LogP contribution in [0, 0.1) is 5.82 Å². The highest BCUT2D eigenvalue weighted by Gasteiger charge is 2.05. The second kappa shape index (κ2) is 5.27. The Labute approximate surface area is 107 Å². The molecule has 0 unspecified atom stereocenters. The summed E-state index contributed by atoms with van der Waals surface area (Å²) in [6, 6.07) is 4.85. The number of alkyl halides is 1. The summed E-state index contributed by atoms with van der Waals surface area (Å²) in [5, 5.41) is 8.53. The van der Waals surface area contributed by atoms with Crippen LogP contribution in [0.15, 0.2) is 24.4 Å². The molecule has 0 atom stereocenters. The largest absolute Gasteiger partial charge is 0.494 e. The van der Waals surface area contributed by atoms with Gasteiger partial charge in [-0.1, -0.05) is 27.2 Å². The van der Waals surface area contributed by atoms with E-state index in [9.17, 15) is 4.39 Å². The molecule has 1 heterocycles. The van der Waals surface area contributed by atoms with Gasteiger partial charge in [-0.05, 0) is 17.7 Å². The Morgan fingerprint density at radius 1 is 1.47 bits per heavy atom. The number of ether oxygens (including phenoxy) is 1. The predicted octanol–water partition coefficient (Wildman–Crippen LogP) is 2.37. The summed E-state index contributed by atoms with van der Waals surface area (Å²) >= 11 is 3.29. The van der Waals surface area contributed by atoms with Gasteiger partial charge >= 0.3 is 0 Å². The number of methoxy groups -OCH3 is 1. The Hall–Kier alpha value is -1.43. The van der Waals surface area contributed by atoms with Crippen molar-refractivity contribution in [2.45, 2.75) is 11.9 Å². The van der Waals surface area contributed by atoms with Crippen molar-refractivity contribution in [2.75, 3.05) is 7.11 Å². The average Bonchev–Trinajstić information content (AvgIpc) is 2.77. The average molecular weight is 300 g/mol. The molecule has 2 rings (SSSR count). The van der Waals surface area contributed by atoms with Crippen LogP contribution in [0.4, 0.5) is 4.39 Å². The number of nitrogens with zero attached hydrogens (tertiary/aromatic N) is 3. The Bertz CT molecular complexity index is 515. The van der Waals surface area contributed by atoms with Crippen LogP contribution in [0.2, 0.25) is 0 Å². The van der Waals surface area contributed by atoms with Gasteiger partial charge in [-0.2, -0.15) is 0 Å². The molecule has 90 valence electrons. The molecule has 0 amide bonds. The van der Waals surface area contributed by atoms with Crippen molar-refractivity contribution in [1.29, 1.82) is 0 Å². The fourth-order valence-corrected chi connectivity index (χ4v) is 1.73. The van der Waals surface area contributed by atoms with Crippen LogP contribution in [0.25, 0.3) is 0 Å². The Balaban J connectivity index is 2.15. The third kappa shape index (κ3) is 2.82. The highest BCUT2D eigenvalue weighted by Crippen LogP contribution is 2.18. The summed E-state index contributed by atoms with van der Waals surface area (Å²) in [5.74, 6) is -0.126. The van der Waals surface area contributed by atoms with Crippen molar-refractivity contribution in [3.8, 4) is 5.75 Å². The van der Waals surface area contributed by atoms with E-state index in [0.29, 0.717) is 11.9 Å². The molecule has 0 aliphatic carbocycles. The monoisotopic (exact) mass is 299 g/mol. The molecule has 2 aromatic rings. The number of aromatic nitrogens is 3. The molecular formula is C11H11BrFN3O. The molecule has 17 heavy (non-hydrogen) atoms. The molecule has 1 aromatic heterocycles. The lowest BCUT2D eigenvalue weighted by atomic mass is 10.2. The minimum atomic E-state index is -0.370. The first-order chi connectivity index (χ1) is 8.22. The number of hydrogen-bond acceptors (Lipinski definition) is 3. The molecule has 1 aromatic carbocycles.